The number of aryl methyl sites for hydroxylation is 1. The zero-order valence-electron chi connectivity index (χ0n) is 14.3. The Morgan fingerprint density at radius 3 is 2.56 bits per heavy atom. The maximum absolute atomic E-state index is 11.9. The van der Waals surface area contributed by atoms with E-state index in [-0.39, 0.29) is 6.61 Å². The van der Waals surface area contributed by atoms with Crippen LogP contribution in [0, 0.1) is 6.92 Å². The summed E-state index contributed by atoms with van der Waals surface area (Å²) in [6, 6.07) is 14.8. The summed E-state index contributed by atoms with van der Waals surface area (Å²) in [4.78, 5) is 23.7. The predicted molar refractivity (Wildman–Crippen MR) is 97.4 cm³/mol. The number of anilines is 1. The Morgan fingerprint density at radius 1 is 1.08 bits per heavy atom. The van der Waals surface area contributed by atoms with Crippen LogP contribution in [0.5, 0.6) is 5.75 Å². The van der Waals surface area contributed by atoms with Gasteiger partial charge in [0, 0.05) is 6.08 Å². The van der Waals surface area contributed by atoms with Crippen LogP contribution in [0.1, 0.15) is 18.1 Å². The number of hydrogen-bond donors (Lipinski definition) is 1. The van der Waals surface area contributed by atoms with Crippen LogP contribution in [-0.2, 0) is 14.3 Å². The predicted octanol–water partition coefficient (Wildman–Crippen LogP) is 3.59. The number of amides is 1. The molecule has 0 heterocycles. The second kappa shape index (κ2) is 9.27. The van der Waals surface area contributed by atoms with Crippen LogP contribution in [-0.4, -0.2) is 25.1 Å². The van der Waals surface area contributed by atoms with Crippen molar-refractivity contribution in [1.82, 2.24) is 0 Å². The van der Waals surface area contributed by atoms with Gasteiger partial charge in [0.25, 0.3) is 5.91 Å². The van der Waals surface area contributed by atoms with E-state index in [1.807, 2.05) is 44.2 Å². The van der Waals surface area contributed by atoms with Crippen LogP contribution in [0.25, 0.3) is 6.08 Å². The van der Waals surface area contributed by atoms with Crippen molar-refractivity contribution in [2.45, 2.75) is 13.8 Å². The second-order valence-corrected chi connectivity index (χ2v) is 5.27. The molecule has 0 spiro atoms. The number of esters is 1. The molecule has 25 heavy (non-hydrogen) atoms. The molecule has 0 aromatic heterocycles. The Labute approximate surface area is 147 Å². The summed E-state index contributed by atoms with van der Waals surface area (Å²) in [5, 5.41) is 2.67. The SMILES string of the molecule is CCOc1ccccc1NC(=O)COC(=O)/C=C/c1ccccc1C. The standard InChI is InChI=1S/C20H21NO4/c1-3-24-18-11-7-6-10-17(18)21-19(22)14-25-20(23)13-12-16-9-5-4-8-15(16)2/h4-13H,3,14H2,1-2H3,(H,21,22)/b13-12+. The molecule has 1 N–H and O–H groups in total. The molecule has 1 amide bonds. The summed E-state index contributed by atoms with van der Waals surface area (Å²) >= 11 is 0. The van der Waals surface area contributed by atoms with E-state index in [9.17, 15) is 9.59 Å². The molecule has 0 unspecified atom stereocenters. The molecular formula is C20H21NO4. The molecule has 0 saturated heterocycles. The molecule has 0 saturated carbocycles. The maximum Gasteiger partial charge on any atom is 0.331 e. The van der Waals surface area contributed by atoms with Gasteiger partial charge in [-0.3, -0.25) is 4.79 Å². The van der Waals surface area contributed by atoms with E-state index in [4.69, 9.17) is 9.47 Å². The van der Waals surface area contributed by atoms with Crippen molar-refractivity contribution in [2.24, 2.45) is 0 Å². The highest BCUT2D eigenvalue weighted by Crippen LogP contribution is 2.23. The summed E-state index contributed by atoms with van der Waals surface area (Å²) in [7, 11) is 0. The maximum atomic E-state index is 11.9. The van der Waals surface area contributed by atoms with Gasteiger partial charge in [-0.15, -0.1) is 0 Å². The highest BCUT2D eigenvalue weighted by molar-refractivity contribution is 5.95. The van der Waals surface area contributed by atoms with Crippen molar-refractivity contribution in [1.29, 1.82) is 0 Å². The lowest BCUT2D eigenvalue weighted by atomic mass is 10.1. The van der Waals surface area contributed by atoms with E-state index >= 15 is 0 Å². The lowest BCUT2D eigenvalue weighted by molar-refractivity contribution is -0.142. The molecule has 5 nitrogen and oxygen atoms in total. The second-order valence-electron chi connectivity index (χ2n) is 5.27. The molecule has 2 aromatic carbocycles. The highest BCUT2D eigenvalue weighted by atomic mass is 16.5. The van der Waals surface area contributed by atoms with Gasteiger partial charge in [-0.05, 0) is 43.2 Å². The first-order valence-corrected chi connectivity index (χ1v) is 8.02. The van der Waals surface area contributed by atoms with E-state index in [1.54, 1.807) is 24.3 Å². The van der Waals surface area contributed by atoms with E-state index < -0.39 is 11.9 Å². The van der Waals surface area contributed by atoms with Crippen molar-refractivity contribution in [3.63, 3.8) is 0 Å². The lowest BCUT2D eigenvalue weighted by Gasteiger charge is -2.11. The number of benzene rings is 2. The molecule has 0 atom stereocenters. The molecule has 0 aliphatic rings. The van der Waals surface area contributed by atoms with Gasteiger partial charge in [0.15, 0.2) is 6.61 Å². The van der Waals surface area contributed by atoms with Gasteiger partial charge in [-0.1, -0.05) is 36.4 Å². The van der Waals surface area contributed by atoms with Crippen molar-refractivity contribution >= 4 is 23.6 Å². The van der Waals surface area contributed by atoms with Gasteiger partial charge in [-0.25, -0.2) is 4.79 Å². The highest BCUT2D eigenvalue weighted by Gasteiger charge is 2.09. The summed E-state index contributed by atoms with van der Waals surface area (Å²) in [5.74, 6) is -0.426. The number of hydrogen-bond acceptors (Lipinski definition) is 4. The smallest absolute Gasteiger partial charge is 0.331 e. The Hall–Kier alpha value is -3.08. The summed E-state index contributed by atoms with van der Waals surface area (Å²) in [6.07, 6.45) is 2.98. The van der Waals surface area contributed by atoms with Crippen LogP contribution < -0.4 is 10.1 Å². The normalized spacial score (nSPS) is 10.5. The minimum Gasteiger partial charge on any atom is -0.492 e. The van der Waals surface area contributed by atoms with E-state index in [1.165, 1.54) is 6.08 Å². The minimum absolute atomic E-state index is 0.364. The summed E-state index contributed by atoms with van der Waals surface area (Å²) in [6.45, 7) is 3.94. The average Bonchev–Trinajstić information content (AvgIpc) is 2.61. The first kappa shape index (κ1) is 18.3. The molecular weight excluding hydrogens is 318 g/mol. The van der Waals surface area contributed by atoms with Crippen LogP contribution >= 0.6 is 0 Å². The van der Waals surface area contributed by atoms with Crippen molar-refractivity contribution < 1.29 is 19.1 Å². The quantitative estimate of drug-likeness (QED) is 0.618. The summed E-state index contributed by atoms with van der Waals surface area (Å²) < 4.78 is 10.4. The molecule has 5 heteroatoms. The molecule has 0 bridgehead atoms. The first-order valence-electron chi connectivity index (χ1n) is 8.02. The molecule has 0 fully saturated rings. The third kappa shape index (κ3) is 5.80. The molecule has 2 rings (SSSR count). The number of para-hydroxylation sites is 2. The third-order valence-electron chi connectivity index (χ3n) is 3.39. The molecule has 0 radical (unpaired) electrons. The Bertz CT molecular complexity index is 768. The fraction of sp³-hybridized carbons (Fsp3) is 0.200. The minimum atomic E-state index is -0.573. The molecule has 130 valence electrons. The fourth-order valence-corrected chi connectivity index (χ4v) is 2.15. The third-order valence-corrected chi connectivity index (χ3v) is 3.39. The number of rotatable bonds is 7. The number of nitrogens with one attached hydrogen (secondary N) is 1. The van der Waals surface area contributed by atoms with E-state index in [0.29, 0.717) is 18.0 Å². The Balaban J connectivity index is 1.86. The largest absolute Gasteiger partial charge is 0.492 e. The van der Waals surface area contributed by atoms with Crippen LogP contribution in [0.15, 0.2) is 54.6 Å². The topological polar surface area (TPSA) is 64.6 Å². The fourth-order valence-electron chi connectivity index (χ4n) is 2.15. The number of ether oxygens (including phenoxy) is 2. The lowest BCUT2D eigenvalue weighted by Crippen LogP contribution is -2.20. The monoisotopic (exact) mass is 339 g/mol. The van der Waals surface area contributed by atoms with Crippen LogP contribution in [0.4, 0.5) is 5.69 Å². The zero-order chi connectivity index (χ0) is 18.1. The Morgan fingerprint density at radius 2 is 1.80 bits per heavy atom. The van der Waals surface area contributed by atoms with Crippen molar-refractivity contribution in [3.05, 3.63) is 65.7 Å². The van der Waals surface area contributed by atoms with Crippen LogP contribution in [0.2, 0.25) is 0 Å². The van der Waals surface area contributed by atoms with Crippen molar-refractivity contribution in [2.75, 3.05) is 18.5 Å². The van der Waals surface area contributed by atoms with Gasteiger partial charge in [0.1, 0.15) is 5.75 Å². The van der Waals surface area contributed by atoms with Gasteiger partial charge >= 0.3 is 5.97 Å². The van der Waals surface area contributed by atoms with Gasteiger partial charge in [0.05, 0.1) is 12.3 Å². The van der Waals surface area contributed by atoms with Gasteiger partial charge < -0.3 is 14.8 Å². The Kier molecular flexibility index (Phi) is 6.77. The molecule has 2 aromatic rings. The first-order chi connectivity index (χ1) is 12.1. The average molecular weight is 339 g/mol. The van der Waals surface area contributed by atoms with E-state index in [2.05, 4.69) is 5.32 Å². The zero-order valence-corrected chi connectivity index (χ0v) is 14.3. The van der Waals surface area contributed by atoms with Crippen molar-refractivity contribution in [3.8, 4) is 5.75 Å². The number of carbonyl (C=O) groups is 2. The summed E-state index contributed by atoms with van der Waals surface area (Å²) in [5.41, 5.74) is 2.52. The number of carbonyl (C=O) groups excluding carboxylic acids is 2. The van der Waals surface area contributed by atoms with E-state index in [0.717, 1.165) is 11.1 Å². The van der Waals surface area contributed by atoms with Crippen LogP contribution in [0.3, 0.4) is 0 Å². The van der Waals surface area contributed by atoms with Gasteiger partial charge in [-0.2, -0.15) is 0 Å². The van der Waals surface area contributed by atoms with Gasteiger partial charge in [0.2, 0.25) is 0 Å². The molecule has 0 aliphatic carbocycles. The molecule has 0 aliphatic heterocycles.